The van der Waals surface area contributed by atoms with Gasteiger partial charge < -0.3 is 10.4 Å². The van der Waals surface area contributed by atoms with Gasteiger partial charge in [-0.1, -0.05) is 13.8 Å². The predicted molar refractivity (Wildman–Crippen MR) is 61.9 cm³/mol. The fourth-order valence-electron chi connectivity index (χ4n) is 1.18. The van der Waals surface area contributed by atoms with Gasteiger partial charge in [-0.2, -0.15) is 0 Å². The Labute approximate surface area is 94.8 Å². The number of hydrogen-bond donors (Lipinski definition) is 2. The molecule has 0 aromatic carbocycles. The Morgan fingerprint density at radius 2 is 2.00 bits per heavy atom. The maximum atomic E-state index is 11.4. The second-order valence-corrected chi connectivity index (χ2v) is 4.78. The molecule has 15 heavy (non-hydrogen) atoms. The van der Waals surface area contributed by atoms with E-state index in [1.54, 1.807) is 0 Å². The lowest BCUT2D eigenvalue weighted by molar-refractivity contribution is -0.126. The molecule has 1 atom stereocenters. The van der Waals surface area contributed by atoms with Crippen LogP contribution in [0.1, 0.15) is 20.8 Å². The first-order chi connectivity index (χ1) is 6.99. The summed E-state index contributed by atoms with van der Waals surface area (Å²) in [7, 11) is 0. The number of rotatable bonds is 7. The van der Waals surface area contributed by atoms with E-state index in [-0.39, 0.29) is 30.0 Å². The van der Waals surface area contributed by atoms with E-state index in [1.807, 2.05) is 13.8 Å². The fourth-order valence-corrected chi connectivity index (χ4v) is 1.72. The van der Waals surface area contributed by atoms with E-state index < -0.39 is 6.04 Å². The van der Waals surface area contributed by atoms with Crippen LogP contribution in [0.4, 0.5) is 0 Å². The first-order valence-corrected chi connectivity index (χ1v) is 6.13. The van der Waals surface area contributed by atoms with Gasteiger partial charge >= 0.3 is 0 Å². The van der Waals surface area contributed by atoms with Crippen molar-refractivity contribution in [3.8, 4) is 0 Å². The molecule has 0 saturated carbocycles. The highest BCUT2D eigenvalue weighted by atomic mass is 32.2. The molecule has 0 aliphatic rings. The molecule has 0 fully saturated rings. The smallest absolute Gasteiger partial charge is 0.230 e. The third-order valence-electron chi connectivity index (χ3n) is 1.89. The second kappa shape index (κ2) is 7.70. The van der Waals surface area contributed by atoms with Gasteiger partial charge in [-0.05, 0) is 12.8 Å². The van der Waals surface area contributed by atoms with Crippen LogP contribution in [-0.2, 0) is 9.59 Å². The molecule has 1 amide bonds. The van der Waals surface area contributed by atoms with Crippen molar-refractivity contribution in [1.82, 2.24) is 5.32 Å². The summed E-state index contributed by atoms with van der Waals surface area (Å²) in [5, 5.41) is 11.2. The topological polar surface area (TPSA) is 66.4 Å². The molecule has 1 unspecified atom stereocenters. The summed E-state index contributed by atoms with van der Waals surface area (Å²) in [6.07, 6.45) is 0. The van der Waals surface area contributed by atoms with E-state index in [4.69, 9.17) is 5.11 Å². The van der Waals surface area contributed by atoms with Gasteiger partial charge in [-0.15, -0.1) is 11.8 Å². The van der Waals surface area contributed by atoms with Gasteiger partial charge in [0, 0.05) is 5.75 Å². The molecule has 0 aromatic rings. The van der Waals surface area contributed by atoms with E-state index >= 15 is 0 Å². The van der Waals surface area contributed by atoms with Crippen LogP contribution < -0.4 is 5.32 Å². The third kappa shape index (κ3) is 6.52. The molecule has 0 saturated heterocycles. The quantitative estimate of drug-likeness (QED) is 0.626. The SMILES string of the molecule is CC(=O)C(NC(=O)CSCCO)C(C)C. The Hall–Kier alpha value is -0.550. The highest BCUT2D eigenvalue weighted by molar-refractivity contribution is 7.99. The second-order valence-electron chi connectivity index (χ2n) is 3.68. The highest BCUT2D eigenvalue weighted by Crippen LogP contribution is 2.04. The number of ketones is 1. The lowest BCUT2D eigenvalue weighted by Gasteiger charge is -2.19. The van der Waals surface area contributed by atoms with Crippen molar-refractivity contribution >= 4 is 23.5 Å². The number of carbonyl (C=O) groups is 2. The molecule has 0 radical (unpaired) electrons. The number of carbonyl (C=O) groups excluding carboxylic acids is 2. The Bertz CT molecular complexity index is 219. The molecule has 0 spiro atoms. The zero-order valence-electron chi connectivity index (χ0n) is 9.45. The average molecular weight is 233 g/mol. The first kappa shape index (κ1) is 14.5. The van der Waals surface area contributed by atoms with Crippen LogP contribution >= 0.6 is 11.8 Å². The summed E-state index contributed by atoms with van der Waals surface area (Å²) < 4.78 is 0. The Kier molecular flexibility index (Phi) is 7.42. The molecule has 0 aromatic heterocycles. The maximum Gasteiger partial charge on any atom is 0.230 e. The Morgan fingerprint density at radius 3 is 2.40 bits per heavy atom. The number of amides is 1. The van der Waals surface area contributed by atoms with Crippen LogP contribution in [0.25, 0.3) is 0 Å². The minimum atomic E-state index is -0.396. The van der Waals surface area contributed by atoms with Crippen molar-refractivity contribution in [3.63, 3.8) is 0 Å². The number of aliphatic hydroxyl groups excluding tert-OH is 1. The van der Waals surface area contributed by atoms with E-state index in [0.29, 0.717) is 5.75 Å². The van der Waals surface area contributed by atoms with Crippen LogP contribution in [0.15, 0.2) is 0 Å². The summed E-state index contributed by atoms with van der Waals surface area (Å²) in [4.78, 5) is 22.6. The fraction of sp³-hybridized carbons (Fsp3) is 0.800. The summed E-state index contributed by atoms with van der Waals surface area (Å²) >= 11 is 1.35. The van der Waals surface area contributed by atoms with E-state index in [0.717, 1.165) is 0 Å². The van der Waals surface area contributed by atoms with Crippen LogP contribution in [0.2, 0.25) is 0 Å². The van der Waals surface area contributed by atoms with Crippen molar-refractivity contribution < 1.29 is 14.7 Å². The van der Waals surface area contributed by atoms with Crippen LogP contribution in [0, 0.1) is 5.92 Å². The van der Waals surface area contributed by atoms with Crippen molar-refractivity contribution in [2.45, 2.75) is 26.8 Å². The Morgan fingerprint density at radius 1 is 1.40 bits per heavy atom. The molecular formula is C10H19NO3S. The molecule has 88 valence electrons. The van der Waals surface area contributed by atoms with Crippen LogP contribution in [-0.4, -0.2) is 41.0 Å². The molecule has 0 rings (SSSR count). The highest BCUT2D eigenvalue weighted by Gasteiger charge is 2.20. The molecular weight excluding hydrogens is 214 g/mol. The van der Waals surface area contributed by atoms with Crippen molar-refractivity contribution in [3.05, 3.63) is 0 Å². The standard InChI is InChI=1S/C10H19NO3S/c1-7(2)10(8(3)13)11-9(14)6-15-5-4-12/h7,10,12H,4-6H2,1-3H3,(H,11,14). The number of nitrogens with one attached hydrogen (secondary N) is 1. The molecule has 4 nitrogen and oxygen atoms in total. The minimum Gasteiger partial charge on any atom is -0.396 e. The van der Waals surface area contributed by atoms with E-state index in [1.165, 1.54) is 18.7 Å². The lowest BCUT2D eigenvalue weighted by Crippen LogP contribution is -2.44. The summed E-state index contributed by atoms with van der Waals surface area (Å²) in [5.41, 5.74) is 0. The van der Waals surface area contributed by atoms with Gasteiger partial charge in [0.1, 0.15) is 0 Å². The summed E-state index contributed by atoms with van der Waals surface area (Å²) in [6, 6.07) is -0.396. The average Bonchev–Trinajstić information content (AvgIpc) is 2.13. The third-order valence-corrected chi connectivity index (χ3v) is 2.83. The first-order valence-electron chi connectivity index (χ1n) is 4.97. The molecule has 0 aliphatic heterocycles. The lowest BCUT2D eigenvalue weighted by atomic mass is 10.0. The molecule has 5 heteroatoms. The van der Waals surface area contributed by atoms with Gasteiger partial charge in [0.2, 0.25) is 5.91 Å². The molecule has 0 heterocycles. The van der Waals surface area contributed by atoms with Crippen molar-refractivity contribution in [1.29, 1.82) is 0 Å². The molecule has 2 N–H and O–H groups in total. The largest absolute Gasteiger partial charge is 0.396 e. The number of aliphatic hydroxyl groups is 1. The van der Waals surface area contributed by atoms with Gasteiger partial charge in [0.15, 0.2) is 5.78 Å². The number of hydrogen-bond acceptors (Lipinski definition) is 4. The van der Waals surface area contributed by atoms with Crippen molar-refractivity contribution in [2.75, 3.05) is 18.1 Å². The molecule has 0 aliphatic carbocycles. The van der Waals surface area contributed by atoms with Gasteiger partial charge in [0.05, 0.1) is 18.4 Å². The van der Waals surface area contributed by atoms with Gasteiger partial charge in [-0.3, -0.25) is 9.59 Å². The molecule has 0 bridgehead atoms. The monoisotopic (exact) mass is 233 g/mol. The number of Topliss-reactive ketones (excluding diaryl/α,β-unsaturated/α-hetero) is 1. The number of thioether (sulfide) groups is 1. The van der Waals surface area contributed by atoms with E-state index in [2.05, 4.69) is 5.32 Å². The Balaban J connectivity index is 3.95. The van der Waals surface area contributed by atoms with E-state index in [9.17, 15) is 9.59 Å². The van der Waals surface area contributed by atoms with Gasteiger partial charge in [0.25, 0.3) is 0 Å². The minimum absolute atomic E-state index is 0.0227. The predicted octanol–water partition coefficient (Wildman–Crippen LogP) is 0.442. The summed E-state index contributed by atoms with van der Waals surface area (Å²) in [5.74, 6) is 0.763. The van der Waals surface area contributed by atoms with Crippen LogP contribution in [0.5, 0.6) is 0 Å². The summed E-state index contributed by atoms with van der Waals surface area (Å²) in [6.45, 7) is 5.34. The van der Waals surface area contributed by atoms with Gasteiger partial charge in [-0.25, -0.2) is 0 Å². The normalized spacial score (nSPS) is 12.6. The van der Waals surface area contributed by atoms with Crippen LogP contribution in [0.3, 0.4) is 0 Å². The maximum absolute atomic E-state index is 11.4. The zero-order chi connectivity index (χ0) is 11.8. The van der Waals surface area contributed by atoms with Crippen molar-refractivity contribution in [2.24, 2.45) is 5.92 Å². The zero-order valence-corrected chi connectivity index (χ0v) is 10.3.